The highest BCUT2D eigenvalue weighted by Gasteiger charge is 2.32. The van der Waals surface area contributed by atoms with Gasteiger partial charge in [-0.1, -0.05) is 61.0 Å². The number of benzene rings is 2. The molecule has 0 N–H and O–H groups in total. The first kappa shape index (κ1) is 18.5. The summed E-state index contributed by atoms with van der Waals surface area (Å²) in [6.45, 7) is 2.70. The van der Waals surface area contributed by atoms with Crippen LogP contribution in [0.2, 0.25) is 5.02 Å². The van der Waals surface area contributed by atoms with E-state index in [9.17, 15) is 4.79 Å². The molecule has 5 heteroatoms. The smallest absolute Gasteiger partial charge is 0.266 e. The zero-order chi connectivity index (χ0) is 18.4. The van der Waals surface area contributed by atoms with Crippen LogP contribution in [0.15, 0.2) is 76.6 Å². The van der Waals surface area contributed by atoms with E-state index >= 15 is 0 Å². The number of amidine groups is 1. The third-order valence-electron chi connectivity index (χ3n) is 3.72. The molecule has 2 aromatic rings. The van der Waals surface area contributed by atoms with Crippen LogP contribution < -0.4 is 0 Å². The van der Waals surface area contributed by atoms with Crippen molar-refractivity contribution < 1.29 is 4.79 Å². The Hall–Kier alpha value is -2.30. The first-order valence-corrected chi connectivity index (χ1v) is 9.64. The van der Waals surface area contributed by atoms with Gasteiger partial charge in [-0.15, -0.1) is 0 Å². The Morgan fingerprint density at radius 3 is 2.54 bits per heavy atom. The maximum Gasteiger partial charge on any atom is 0.266 e. The fourth-order valence-corrected chi connectivity index (χ4v) is 3.57. The second kappa shape index (κ2) is 8.88. The molecule has 1 fully saturated rings. The van der Waals surface area contributed by atoms with Crippen LogP contribution in [0.5, 0.6) is 0 Å². The molecular formula is C21H19ClN2OS. The van der Waals surface area contributed by atoms with Gasteiger partial charge in [0.2, 0.25) is 0 Å². The molecular weight excluding hydrogens is 364 g/mol. The van der Waals surface area contributed by atoms with Crippen LogP contribution in [-0.2, 0) is 4.79 Å². The largest absolute Gasteiger partial charge is 0.286 e. The zero-order valence-electron chi connectivity index (χ0n) is 14.4. The minimum Gasteiger partial charge on any atom is -0.286 e. The SMILES string of the molecule is CCCN1C(=O)/C(=C/C=C/c2ccccc2)SC1=Nc1ccc(Cl)cc1. The summed E-state index contributed by atoms with van der Waals surface area (Å²) in [7, 11) is 0. The van der Waals surface area contributed by atoms with Gasteiger partial charge in [0.05, 0.1) is 10.6 Å². The summed E-state index contributed by atoms with van der Waals surface area (Å²) in [5.41, 5.74) is 1.88. The molecule has 132 valence electrons. The number of amides is 1. The lowest BCUT2D eigenvalue weighted by Crippen LogP contribution is -2.29. The fourth-order valence-electron chi connectivity index (χ4n) is 2.46. The van der Waals surface area contributed by atoms with Crippen molar-refractivity contribution in [2.75, 3.05) is 6.54 Å². The van der Waals surface area contributed by atoms with Crippen molar-refractivity contribution >= 4 is 46.2 Å². The van der Waals surface area contributed by atoms with E-state index in [1.165, 1.54) is 11.8 Å². The number of hydrogen-bond acceptors (Lipinski definition) is 3. The zero-order valence-corrected chi connectivity index (χ0v) is 16.0. The number of halogens is 1. The van der Waals surface area contributed by atoms with E-state index in [0.29, 0.717) is 21.6 Å². The molecule has 0 aliphatic carbocycles. The highest BCUT2D eigenvalue weighted by atomic mass is 35.5. The Balaban J connectivity index is 1.82. The molecule has 0 radical (unpaired) electrons. The number of rotatable bonds is 5. The summed E-state index contributed by atoms with van der Waals surface area (Å²) in [6, 6.07) is 17.3. The number of nitrogens with zero attached hydrogens (tertiary/aromatic N) is 2. The normalized spacial score (nSPS) is 17.8. The average Bonchev–Trinajstić information content (AvgIpc) is 2.94. The first-order chi connectivity index (χ1) is 12.7. The van der Waals surface area contributed by atoms with Gasteiger partial charge in [-0.3, -0.25) is 9.69 Å². The van der Waals surface area contributed by atoms with Crippen LogP contribution in [-0.4, -0.2) is 22.5 Å². The molecule has 0 atom stereocenters. The Morgan fingerprint density at radius 1 is 1.12 bits per heavy atom. The molecule has 0 unspecified atom stereocenters. The van der Waals surface area contributed by atoms with Gasteiger partial charge < -0.3 is 0 Å². The van der Waals surface area contributed by atoms with Crippen molar-refractivity contribution in [2.24, 2.45) is 4.99 Å². The van der Waals surface area contributed by atoms with Crippen LogP contribution in [0.4, 0.5) is 5.69 Å². The third kappa shape index (κ3) is 4.65. The molecule has 3 nitrogen and oxygen atoms in total. The molecule has 0 saturated carbocycles. The Kier molecular flexibility index (Phi) is 6.31. The summed E-state index contributed by atoms with van der Waals surface area (Å²) >= 11 is 7.33. The fraction of sp³-hybridized carbons (Fsp3) is 0.143. The van der Waals surface area contributed by atoms with Gasteiger partial charge in [0.25, 0.3) is 5.91 Å². The van der Waals surface area contributed by atoms with Crippen molar-refractivity contribution in [1.82, 2.24) is 4.90 Å². The van der Waals surface area contributed by atoms with E-state index in [-0.39, 0.29) is 5.91 Å². The summed E-state index contributed by atoms with van der Waals surface area (Å²) in [5.74, 6) is 0.00211. The summed E-state index contributed by atoms with van der Waals surface area (Å²) < 4.78 is 0. The molecule has 1 aliphatic rings. The van der Waals surface area contributed by atoms with Gasteiger partial charge in [0.1, 0.15) is 0 Å². The van der Waals surface area contributed by atoms with Crippen molar-refractivity contribution in [3.63, 3.8) is 0 Å². The van der Waals surface area contributed by atoms with Crippen LogP contribution in [0.1, 0.15) is 18.9 Å². The molecule has 2 aromatic carbocycles. The number of allylic oxidation sites excluding steroid dienone is 2. The first-order valence-electron chi connectivity index (χ1n) is 8.45. The van der Waals surface area contributed by atoms with E-state index in [2.05, 4.69) is 11.9 Å². The van der Waals surface area contributed by atoms with Gasteiger partial charge in [-0.25, -0.2) is 4.99 Å². The molecule has 1 heterocycles. The van der Waals surface area contributed by atoms with Crippen LogP contribution >= 0.6 is 23.4 Å². The standard InChI is InChI=1S/C21H19ClN2OS/c1-2-15-24-20(25)19(10-6-9-16-7-4-3-5-8-16)26-21(24)23-18-13-11-17(22)12-14-18/h3-14H,2,15H2,1H3/b9-6+,19-10-,23-21?. The Morgan fingerprint density at radius 2 is 1.85 bits per heavy atom. The van der Waals surface area contributed by atoms with E-state index in [0.717, 1.165) is 17.7 Å². The molecule has 0 spiro atoms. The molecule has 1 saturated heterocycles. The lowest BCUT2D eigenvalue weighted by molar-refractivity contribution is -0.122. The second-order valence-corrected chi connectivity index (χ2v) is 7.18. The molecule has 26 heavy (non-hydrogen) atoms. The van der Waals surface area contributed by atoms with Gasteiger partial charge in [-0.05, 0) is 54.1 Å². The van der Waals surface area contributed by atoms with Crippen molar-refractivity contribution in [1.29, 1.82) is 0 Å². The molecule has 1 aliphatic heterocycles. The predicted octanol–water partition coefficient (Wildman–Crippen LogP) is 5.91. The van der Waals surface area contributed by atoms with Gasteiger partial charge in [0, 0.05) is 11.6 Å². The van der Waals surface area contributed by atoms with Gasteiger partial charge >= 0.3 is 0 Å². The number of thioether (sulfide) groups is 1. The second-order valence-electron chi connectivity index (χ2n) is 5.73. The van der Waals surface area contributed by atoms with Crippen molar-refractivity contribution in [3.8, 4) is 0 Å². The van der Waals surface area contributed by atoms with Crippen LogP contribution in [0.3, 0.4) is 0 Å². The molecule has 3 rings (SSSR count). The number of carbonyl (C=O) groups excluding carboxylic acids is 1. The number of aliphatic imine (C=N–C) groups is 1. The van der Waals surface area contributed by atoms with E-state index in [1.54, 1.807) is 17.0 Å². The number of carbonyl (C=O) groups is 1. The van der Waals surface area contributed by atoms with E-state index in [4.69, 9.17) is 11.6 Å². The highest BCUT2D eigenvalue weighted by molar-refractivity contribution is 8.18. The lowest BCUT2D eigenvalue weighted by atomic mass is 10.2. The van der Waals surface area contributed by atoms with E-state index < -0.39 is 0 Å². The highest BCUT2D eigenvalue weighted by Crippen LogP contribution is 2.33. The minimum atomic E-state index is 0.00211. The van der Waals surface area contributed by atoms with Crippen molar-refractivity contribution in [2.45, 2.75) is 13.3 Å². The maximum atomic E-state index is 12.7. The van der Waals surface area contributed by atoms with Crippen molar-refractivity contribution in [3.05, 3.63) is 82.2 Å². The summed E-state index contributed by atoms with van der Waals surface area (Å²) in [5, 5.41) is 1.37. The monoisotopic (exact) mass is 382 g/mol. The van der Waals surface area contributed by atoms with Gasteiger partial charge in [0.15, 0.2) is 5.17 Å². The summed E-state index contributed by atoms with van der Waals surface area (Å²) in [4.78, 5) is 19.7. The number of hydrogen-bond donors (Lipinski definition) is 0. The minimum absolute atomic E-state index is 0.00211. The quantitative estimate of drug-likeness (QED) is 0.602. The maximum absolute atomic E-state index is 12.7. The van der Waals surface area contributed by atoms with Gasteiger partial charge in [-0.2, -0.15) is 0 Å². The predicted molar refractivity (Wildman–Crippen MR) is 112 cm³/mol. The average molecular weight is 383 g/mol. The molecule has 0 aromatic heterocycles. The van der Waals surface area contributed by atoms with Crippen LogP contribution in [0.25, 0.3) is 6.08 Å². The van der Waals surface area contributed by atoms with E-state index in [1.807, 2.05) is 60.7 Å². The third-order valence-corrected chi connectivity index (χ3v) is 5.00. The topological polar surface area (TPSA) is 32.7 Å². The molecule has 1 amide bonds. The Bertz CT molecular complexity index is 857. The van der Waals surface area contributed by atoms with Crippen LogP contribution in [0, 0.1) is 0 Å². The molecule has 0 bridgehead atoms. The lowest BCUT2D eigenvalue weighted by Gasteiger charge is -2.13. The summed E-state index contributed by atoms with van der Waals surface area (Å²) in [6.07, 6.45) is 6.62. The Labute approximate surface area is 163 Å².